The zero-order chi connectivity index (χ0) is 23.8. The summed E-state index contributed by atoms with van der Waals surface area (Å²) in [5, 5.41) is 19.5. The van der Waals surface area contributed by atoms with E-state index < -0.39 is 35.8 Å². The lowest BCUT2D eigenvalue weighted by atomic mass is 9.80. The predicted octanol–water partition coefficient (Wildman–Crippen LogP) is 3.63. The zero-order valence-electron chi connectivity index (χ0n) is 17.9. The molecule has 0 saturated heterocycles. The fourth-order valence-electron chi connectivity index (χ4n) is 3.69. The summed E-state index contributed by atoms with van der Waals surface area (Å²) in [6.07, 6.45) is 0. The Kier molecular flexibility index (Phi) is 7.70. The van der Waals surface area contributed by atoms with E-state index in [1.165, 1.54) is 0 Å². The fraction of sp³-hybridized carbons (Fsp3) is 0.154. The number of hydrogen-bond acceptors (Lipinski definition) is 5. The van der Waals surface area contributed by atoms with Gasteiger partial charge in [0, 0.05) is 17.0 Å². The zero-order valence-corrected chi connectivity index (χ0v) is 17.9. The van der Waals surface area contributed by atoms with Crippen LogP contribution in [0.15, 0.2) is 96.0 Å². The lowest BCUT2D eigenvalue weighted by molar-refractivity contribution is -0.156. The second kappa shape index (κ2) is 10.9. The Bertz CT molecular complexity index is 1070. The first-order valence-electron chi connectivity index (χ1n) is 10.2. The number of hydrogen-bond donors (Lipinski definition) is 2. The number of carboxylic acid groups (broad SMARTS) is 2. The number of esters is 1. The second-order valence-corrected chi connectivity index (χ2v) is 7.27. The van der Waals surface area contributed by atoms with Crippen LogP contribution < -0.4 is 0 Å². The molecule has 0 saturated carbocycles. The van der Waals surface area contributed by atoms with Gasteiger partial charge in [0.05, 0.1) is 12.8 Å². The Labute approximate surface area is 191 Å². The van der Waals surface area contributed by atoms with Crippen molar-refractivity contribution in [1.82, 2.24) is 0 Å². The van der Waals surface area contributed by atoms with E-state index in [9.17, 15) is 24.6 Å². The van der Waals surface area contributed by atoms with Crippen molar-refractivity contribution in [2.75, 3.05) is 7.11 Å². The number of carboxylic acids is 2. The molecule has 0 aromatic heterocycles. The van der Waals surface area contributed by atoms with Gasteiger partial charge in [-0.15, -0.1) is 0 Å². The number of rotatable bonds is 9. The molecule has 7 heteroatoms. The van der Waals surface area contributed by atoms with Crippen LogP contribution in [0.5, 0.6) is 0 Å². The molecule has 3 aromatic carbocycles. The van der Waals surface area contributed by atoms with Gasteiger partial charge in [-0.25, -0.2) is 4.79 Å². The van der Waals surface area contributed by atoms with Gasteiger partial charge in [-0.05, 0) is 5.56 Å². The molecule has 0 radical (unpaired) electrons. The molecule has 0 fully saturated rings. The van der Waals surface area contributed by atoms with Crippen molar-refractivity contribution in [3.8, 4) is 0 Å². The van der Waals surface area contributed by atoms with Gasteiger partial charge < -0.3 is 14.9 Å². The average Bonchev–Trinajstić information content (AvgIpc) is 2.84. The highest BCUT2D eigenvalue weighted by atomic mass is 16.5. The van der Waals surface area contributed by atoms with Crippen LogP contribution >= 0.6 is 0 Å². The number of aliphatic carboxylic acids is 2. The topological polar surface area (TPSA) is 113 Å². The molecular formula is C26H23NO6. The number of nitrogens with zero attached hydrogens (tertiary/aromatic N) is 1. The van der Waals surface area contributed by atoms with Crippen molar-refractivity contribution >= 4 is 23.6 Å². The highest BCUT2D eigenvalue weighted by molar-refractivity contribution is 6.13. The summed E-state index contributed by atoms with van der Waals surface area (Å²) in [7, 11) is 1.16. The minimum Gasteiger partial charge on any atom is -0.481 e. The van der Waals surface area contributed by atoms with Gasteiger partial charge in [0.2, 0.25) is 0 Å². The minimum atomic E-state index is -1.92. The number of methoxy groups -OCH3 is 1. The van der Waals surface area contributed by atoms with Crippen LogP contribution in [-0.2, 0) is 19.1 Å². The molecule has 3 rings (SSSR count). The van der Waals surface area contributed by atoms with Crippen LogP contribution in [0.25, 0.3) is 0 Å². The predicted molar refractivity (Wildman–Crippen MR) is 122 cm³/mol. The number of carbonyl (C=O) groups is 3. The summed E-state index contributed by atoms with van der Waals surface area (Å²) in [4.78, 5) is 41.7. The third kappa shape index (κ3) is 5.51. The first-order chi connectivity index (χ1) is 15.9. The normalized spacial score (nSPS) is 12.4. The maximum Gasteiger partial charge on any atom is 0.331 e. The quantitative estimate of drug-likeness (QED) is 0.295. The van der Waals surface area contributed by atoms with Gasteiger partial charge in [-0.1, -0.05) is 91.0 Å². The summed E-state index contributed by atoms with van der Waals surface area (Å²) in [6, 6.07) is 24.9. The van der Waals surface area contributed by atoms with E-state index >= 15 is 0 Å². The minimum absolute atomic E-state index is 0.354. The first kappa shape index (κ1) is 23.4. The molecule has 0 aliphatic rings. The number of ether oxygens (including phenoxy) is 1. The molecule has 0 bridgehead atoms. The molecule has 0 aliphatic carbocycles. The number of aliphatic imine (C=N–C) groups is 1. The maximum atomic E-state index is 13.0. The van der Waals surface area contributed by atoms with Crippen LogP contribution in [0.1, 0.15) is 22.6 Å². The van der Waals surface area contributed by atoms with Crippen molar-refractivity contribution in [3.63, 3.8) is 0 Å². The second-order valence-electron chi connectivity index (χ2n) is 7.27. The Morgan fingerprint density at radius 3 is 1.55 bits per heavy atom. The molecule has 2 N–H and O–H groups in total. The molecular weight excluding hydrogens is 422 g/mol. The summed E-state index contributed by atoms with van der Waals surface area (Å²) in [5.41, 5.74) is 2.15. The lowest BCUT2D eigenvalue weighted by Crippen LogP contribution is -2.40. The maximum absolute atomic E-state index is 13.0. The smallest absolute Gasteiger partial charge is 0.331 e. The highest BCUT2D eigenvalue weighted by Gasteiger charge is 2.44. The van der Waals surface area contributed by atoms with Crippen LogP contribution in [-0.4, -0.2) is 47.0 Å². The fourth-order valence-corrected chi connectivity index (χ4v) is 3.69. The van der Waals surface area contributed by atoms with E-state index in [1.54, 1.807) is 30.3 Å². The van der Waals surface area contributed by atoms with Crippen LogP contribution in [0.2, 0.25) is 0 Å². The van der Waals surface area contributed by atoms with E-state index in [-0.39, 0.29) is 0 Å². The van der Waals surface area contributed by atoms with E-state index in [4.69, 9.17) is 4.74 Å². The number of carbonyl (C=O) groups excluding carboxylic acids is 1. The van der Waals surface area contributed by atoms with E-state index in [1.807, 2.05) is 60.7 Å². The molecule has 33 heavy (non-hydrogen) atoms. The Morgan fingerprint density at radius 2 is 1.15 bits per heavy atom. The van der Waals surface area contributed by atoms with Crippen molar-refractivity contribution < 1.29 is 29.3 Å². The van der Waals surface area contributed by atoms with Crippen LogP contribution in [0, 0.1) is 5.92 Å². The Morgan fingerprint density at radius 1 is 0.727 bits per heavy atom. The van der Waals surface area contributed by atoms with Crippen LogP contribution in [0.3, 0.4) is 0 Å². The van der Waals surface area contributed by atoms with Crippen molar-refractivity contribution in [2.24, 2.45) is 10.9 Å². The number of benzene rings is 3. The SMILES string of the molecule is COC(=O)[C@@H](N=C(c1ccccc1)c1ccccc1)[C@@H](c1ccccc1)C(C(=O)O)C(=O)O. The van der Waals surface area contributed by atoms with Gasteiger partial charge >= 0.3 is 17.9 Å². The Hall–Kier alpha value is -4.26. The summed E-state index contributed by atoms with van der Waals surface area (Å²) >= 11 is 0. The molecule has 0 heterocycles. The summed E-state index contributed by atoms with van der Waals surface area (Å²) in [5.74, 6) is -7.20. The molecule has 3 aromatic rings. The van der Waals surface area contributed by atoms with E-state index in [0.29, 0.717) is 22.4 Å². The molecule has 7 nitrogen and oxygen atoms in total. The molecule has 0 aliphatic heterocycles. The van der Waals surface area contributed by atoms with E-state index in [2.05, 4.69) is 4.99 Å². The Balaban J connectivity index is 2.28. The molecule has 0 amide bonds. The van der Waals surface area contributed by atoms with Gasteiger partial charge in [0.25, 0.3) is 0 Å². The largest absolute Gasteiger partial charge is 0.481 e. The van der Waals surface area contributed by atoms with Gasteiger partial charge in [0.1, 0.15) is 0 Å². The molecule has 0 spiro atoms. The van der Waals surface area contributed by atoms with Crippen LogP contribution in [0.4, 0.5) is 0 Å². The molecule has 0 unspecified atom stereocenters. The van der Waals surface area contributed by atoms with Gasteiger partial charge in [-0.3, -0.25) is 14.6 Å². The van der Waals surface area contributed by atoms with Crippen molar-refractivity contribution in [1.29, 1.82) is 0 Å². The van der Waals surface area contributed by atoms with Gasteiger partial charge in [-0.2, -0.15) is 0 Å². The standard InChI is InChI=1S/C26H23NO6/c1-33-26(32)23(20(17-11-5-2-6-12-17)21(24(28)29)25(30)31)27-22(18-13-7-3-8-14-18)19-15-9-4-10-16-19/h2-16,20-21,23H,1H3,(H,28,29)(H,30,31)/t20-,23-/m0/s1. The first-order valence-corrected chi connectivity index (χ1v) is 10.2. The lowest BCUT2D eigenvalue weighted by Gasteiger charge is -2.27. The van der Waals surface area contributed by atoms with Crippen molar-refractivity contribution in [3.05, 3.63) is 108 Å². The molecule has 2 atom stereocenters. The van der Waals surface area contributed by atoms with Gasteiger partial charge in [0.15, 0.2) is 12.0 Å². The molecule has 168 valence electrons. The van der Waals surface area contributed by atoms with E-state index in [0.717, 1.165) is 7.11 Å². The van der Waals surface area contributed by atoms with Crippen molar-refractivity contribution in [2.45, 2.75) is 12.0 Å². The highest BCUT2D eigenvalue weighted by Crippen LogP contribution is 2.33. The summed E-state index contributed by atoms with van der Waals surface area (Å²) in [6.45, 7) is 0. The average molecular weight is 445 g/mol. The third-order valence-electron chi connectivity index (χ3n) is 5.22. The monoisotopic (exact) mass is 445 g/mol. The summed E-state index contributed by atoms with van der Waals surface area (Å²) < 4.78 is 4.97. The third-order valence-corrected chi connectivity index (χ3v) is 5.22.